The zero-order chi connectivity index (χ0) is 84.8. The van der Waals surface area contributed by atoms with E-state index in [1.807, 2.05) is 55.8 Å². The van der Waals surface area contributed by atoms with E-state index < -0.39 is 0 Å². The van der Waals surface area contributed by atoms with Crippen LogP contribution in [0.3, 0.4) is 0 Å². The van der Waals surface area contributed by atoms with Gasteiger partial charge in [-0.1, -0.05) is 178 Å². The van der Waals surface area contributed by atoms with Gasteiger partial charge in [0.25, 0.3) is 0 Å². The Bertz CT molecular complexity index is 5720. The van der Waals surface area contributed by atoms with Gasteiger partial charge in [0.05, 0.1) is 116 Å². The Balaban J connectivity index is 0.000000117. The fraction of sp³-hybridized carbons (Fsp3) is 0.299. The van der Waals surface area contributed by atoms with Crippen LogP contribution in [0.15, 0.2) is 293 Å². The van der Waals surface area contributed by atoms with Gasteiger partial charge in [0.1, 0.15) is 30.8 Å². The molecule has 0 unspecified atom stereocenters. The van der Waals surface area contributed by atoms with Crippen molar-refractivity contribution < 1.29 is 0 Å². The minimum atomic E-state index is 0.0730. The van der Waals surface area contributed by atoms with Crippen molar-refractivity contribution >= 4 is 79.6 Å². The molecule has 122 heavy (non-hydrogen) atoms. The van der Waals surface area contributed by atoms with Crippen LogP contribution >= 0.6 is 0 Å². The third-order valence-corrected chi connectivity index (χ3v) is 26.1. The van der Waals surface area contributed by atoms with Crippen molar-refractivity contribution in [3.05, 3.63) is 332 Å². The lowest BCUT2D eigenvalue weighted by Crippen LogP contribution is -2.45. The van der Waals surface area contributed by atoms with E-state index in [4.69, 9.17) is 4.98 Å². The Hall–Kier alpha value is -12.8. The van der Waals surface area contributed by atoms with Crippen molar-refractivity contribution in [2.24, 2.45) is 0 Å². The summed E-state index contributed by atoms with van der Waals surface area (Å²) in [6.07, 6.45) is 35.3. The van der Waals surface area contributed by atoms with E-state index in [2.05, 4.69) is 410 Å². The topological polar surface area (TPSA) is 96.8 Å². The molecule has 622 valence electrons. The highest BCUT2D eigenvalue weighted by Gasteiger charge is 2.42. The first-order valence-corrected chi connectivity index (χ1v) is 44.1. The van der Waals surface area contributed by atoms with Crippen molar-refractivity contribution in [1.29, 1.82) is 0 Å². The SMILES string of the molecule is Cc1cc(-c2c(C)cccc2C)ncc1N1C=CN(c2c(-c3ccccc3)cccc2-c2ccccc2)[C@H]1C.Cc1ccncc1N1c2ccccc2N(C(C)C)[C@H]1C.Cc1ccncc1N1c2ccccc2N(C)[C@H]1C.Cc1ccncc1N1c2ccccc2N(C2CCCC2)[C@H]1C.Cc1ccncc1N1c2ccccc2N(C2CCCCC2)[C@H]1C. The molecule has 2 aliphatic carbocycles. The van der Waals surface area contributed by atoms with Gasteiger partial charge in [-0.25, -0.2) is 0 Å². The number of aryl methyl sites for hydroxylation is 7. The predicted molar refractivity (Wildman–Crippen MR) is 513 cm³/mol. The van der Waals surface area contributed by atoms with Gasteiger partial charge in [0.2, 0.25) is 0 Å². The third kappa shape index (κ3) is 16.3. The Morgan fingerprint density at radius 3 is 1.09 bits per heavy atom. The Morgan fingerprint density at radius 2 is 0.664 bits per heavy atom. The van der Waals surface area contributed by atoms with Crippen LogP contribution in [0.1, 0.15) is 145 Å². The first-order valence-electron chi connectivity index (χ1n) is 44.1. The van der Waals surface area contributed by atoms with Crippen LogP contribution in [0.5, 0.6) is 0 Å². The van der Waals surface area contributed by atoms with Gasteiger partial charge >= 0.3 is 0 Å². The molecule has 20 rings (SSSR count). The van der Waals surface area contributed by atoms with Crippen LogP contribution in [-0.2, 0) is 0 Å². The lowest BCUT2D eigenvalue weighted by molar-refractivity contribution is 0.400. The predicted octanol–water partition coefficient (Wildman–Crippen LogP) is 26.2. The van der Waals surface area contributed by atoms with Gasteiger partial charge < -0.3 is 49.0 Å². The number of rotatable bonds is 12. The van der Waals surface area contributed by atoms with E-state index in [0.717, 1.165) is 11.4 Å². The van der Waals surface area contributed by atoms with Crippen LogP contribution in [0, 0.1) is 48.5 Å². The maximum absolute atomic E-state index is 4.94. The van der Waals surface area contributed by atoms with Crippen molar-refractivity contribution in [2.45, 2.75) is 204 Å². The molecule has 2 fully saturated rings. The van der Waals surface area contributed by atoms with Gasteiger partial charge in [-0.2, -0.15) is 0 Å². The highest BCUT2D eigenvalue weighted by molar-refractivity contribution is 5.94. The minimum absolute atomic E-state index is 0.0730. The first kappa shape index (κ1) is 82.9. The van der Waals surface area contributed by atoms with Crippen LogP contribution in [-0.4, -0.2) is 80.9 Å². The molecule has 0 amide bonds. The van der Waals surface area contributed by atoms with E-state index in [0.29, 0.717) is 42.8 Å². The summed E-state index contributed by atoms with van der Waals surface area (Å²) < 4.78 is 0. The van der Waals surface area contributed by atoms with Gasteiger partial charge in [-0.15, -0.1) is 0 Å². The van der Waals surface area contributed by atoms with E-state index >= 15 is 0 Å². The van der Waals surface area contributed by atoms with Crippen LogP contribution in [0.25, 0.3) is 33.5 Å². The van der Waals surface area contributed by atoms with Gasteiger partial charge in [0.15, 0.2) is 0 Å². The third-order valence-electron chi connectivity index (χ3n) is 26.1. The van der Waals surface area contributed by atoms with Crippen molar-refractivity contribution in [2.75, 3.05) is 56.0 Å². The highest BCUT2D eigenvalue weighted by Crippen LogP contribution is 2.52. The largest absolute Gasteiger partial charge is 0.353 e. The number of para-hydroxylation sites is 9. The lowest BCUT2D eigenvalue weighted by atomic mass is 9.94. The summed E-state index contributed by atoms with van der Waals surface area (Å²) in [5.74, 6) is 0. The molecule has 7 aliphatic rings. The van der Waals surface area contributed by atoms with Crippen molar-refractivity contribution in [3.8, 4) is 33.5 Å². The standard InChI is InChI=1S/C36H33N3.C20H25N3.C19H23N3.C17H21N3.C15H17N3/c1-25-13-11-14-26(2)35(25)33-23-27(3)34(24-37-33)38-21-22-39(28(38)4)36-31(29-15-7-5-8-16-29)19-12-20-32(36)30-17-9-6-10-18-30;1-15-12-13-21-14-20(15)23-16(2)22(17-8-4-3-5-9-17)18-10-6-7-11-19(18)23;1-14-11-12-20-13-19(14)22-15(2)21(16-7-3-4-8-16)17-9-5-6-10-18(17)22;1-12(2)19-14(4)20(16-8-6-5-7-15(16)19)17-11-18-10-9-13(17)3;1-11-8-9-16-10-15(11)18-12(2)17(3)13-6-4-5-7-14(13)18/h5-24,28H,1-4H3;6-7,10-14,16-17H,3-5,8-9H2,1-2H3;5-6,9-13,15-16H,3-4,7-8H2,1-2H3;5-12,14H,1-4H3;4-10,12H,1-3H3/t28-;16-;15-;14-;12-/m01111/s1. The second-order valence-electron chi connectivity index (χ2n) is 34.1. The summed E-state index contributed by atoms with van der Waals surface area (Å²) in [6.45, 7) is 31.0. The molecular formula is C107H119N15. The summed E-state index contributed by atoms with van der Waals surface area (Å²) in [6, 6.07) is 81.5. The molecule has 15 heteroatoms. The zero-order valence-corrected chi connectivity index (χ0v) is 73.9. The van der Waals surface area contributed by atoms with Gasteiger partial charge in [0, 0.05) is 79.1 Å². The number of anilines is 14. The normalized spacial score (nSPS) is 18.2. The maximum atomic E-state index is 4.94. The molecule has 5 atom stereocenters. The number of aromatic nitrogens is 5. The van der Waals surface area contributed by atoms with E-state index in [1.165, 1.54) is 198 Å². The fourth-order valence-electron chi connectivity index (χ4n) is 20.0. The molecule has 8 aromatic carbocycles. The molecule has 0 saturated heterocycles. The Labute approximate surface area is 725 Å². The molecular weight excluding hydrogens is 1500 g/mol. The molecule has 2 saturated carbocycles. The molecule has 10 heterocycles. The minimum Gasteiger partial charge on any atom is -0.353 e. The number of hydrogen-bond acceptors (Lipinski definition) is 15. The van der Waals surface area contributed by atoms with Crippen molar-refractivity contribution in [1.82, 2.24) is 24.9 Å². The average molecular weight is 1620 g/mol. The second-order valence-corrected chi connectivity index (χ2v) is 34.1. The quantitative estimate of drug-likeness (QED) is 0.116. The molecule has 0 N–H and O–H groups in total. The monoisotopic (exact) mass is 1610 g/mol. The van der Waals surface area contributed by atoms with Gasteiger partial charge in [-0.05, 0) is 252 Å². The van der Waals surface area contributed by atoms with Crippen LogP contribution < -0.4 is 49.0 Å². The summed E-state index contributed by atoms with van der Waals surface area (Å²) in [4.78, 5) is 46.7. The zero-order valence-electron chi connectivity index (χ0n) is 73.9. The summed E-state index contributed by atoms with van der Waals surface area (Å²) in [7, 11) is 2.13. The second kappa shape index (κ2) is 36.7. The Kier molecular flexibility index (Phi) is 24.9. The maximum Gasteiger partial charge on any atom is 0.107 e. The van der Waals surface area contributed by atoms with E-state index in [1.54, 1.807) is 0 Å². The number of pyridine rings is 5. The van der Waals surface area contributed by atoms with E-state index in [-0.39, 0.29) is 6.17 Å². The molecule has 5 aliphatic heterocycles. The average Bonchev–Trinajstić information content (AvgIpc) is 1.52. The van der Waals surface area contributed by atoms with Crippen molar-refractivity contribution in [3.63, 3.8) is 0 Å². The summed E-state index contributed by atoms with van der Waals surface area (Å²) >= 11 is 0. The van der Waals surface area contributed by atoms with Crippen LogP contribution in [0.4, 0.5) is 79.6 Å². The fourth-order valence-corrected chi connectivity index (χ4v) is 20.0. The molecule has 0 spiro atoms. The number of fused-ring (bicyclic) bond motifs is 4. The first-order chi connectivity index (χ1) is 59.4. The van der Waals surface area contributed by atoms with Gasteiger partial charge in [-0.3, -0.25) is 24.9 Å². The smallest absolute Gasteiger partial charge is 0.107 e. The molecule has 0 bridgehead atoms. The number of nitrogens with zero attached hydrogens (tertiary/aromatic N) is 15. The molecule has 15 nitrogen and oxygen atoms in total. The molecule has 13 aromatic rings. The van der Waals surface area contributed by atoms with Crippen LogP contribution in [0.2, 0.25) is 0 Å². The Morgan fingerprint density at radius 1 is 0.303 bits per heavy atom. The summed E-state index contributed by atoms with van der Waals surface area (Å²) in [5.41, 5.74) is 33.5. The van der Waals surface area contributed by atoms with E-state index in [9.17, 15) is 0 Å². The molecule has 0 radical (unpaired) electrons. The number of hydrogen-bond donors (Lipinski definition) is 0. The highest BCUT2D eigenvalue weighted by atomic mass is 15.5. The molecule has 5 aromatic heterocycles. The summed E-state index contributed by atoms with van der Waals surface area (Å²) in [5, 5.41) is 0. The lowest BCUT2D eigenvalue weighted by Gasteiger charge is -2.38. The number of benzene rings is 8.